The van der Waals surface area contributed by atoms with Crippen LogP contribution in [0.4, 0.5) is 0 Å². The summed E-state index contributed by atoms with van der Waals surface area (Å²) in [7, 11) is -2.98. The summed E-state index contributed by atoms with van der Waals surface area (Å²) in [6.45, 7) is 2.05. The Morgan fingerprint density at radius 2 is 1.87 bits per heavy atom. The number of carbonyl (C=O) groups is 1. The lowest BCUT2D eigenvalue weighted by Crippen LogP contribution is -2.50. The SMILES string of the molecule is Cc1ccccc1C1(C(=O)NC2CCS(=O)(=O)C2)CCCCC1. The predicted molar refractivity (Wildman–Crippen MR) is 91.1 cm³/mol. The van der Waals surface area contributed by atoms with Gasteiger partial charge in [0.25, 0.3) is 0 Å². The summed E-state index contributed by atoms with van der Waals surface area (Å²) in [4.78, 5) is 13.1. The molecule has 126 valence electrons. The van der Waals surface area contributed by atoms with E-state index in [1.165, 1.54) is 6.42 Å². The summed E-state index contributed by atoms with van der Waals surface area (Å²) < 4.78 is 23.3. The molecule has 2 aliphatic rings. The number of carbonyl (C=O) groups excluding carboxylic acids is 1. The summed E-state index contributed by atoms with van der Waals surface area (Å²) >= 11 is 0. The van der Waals surface area contributed by atoms with Crippen molar-refractivity contribution in [1.29, 1.82) is 0 Å². The number of hydrogen-bond donors (Lipinski definition) is 1. The summed E-state index contributed by atoms with van der Waals surface area (Å²) in [5, 5.41) is 3.05. The average molecular weight is 335 g/mol. The highest BCUT2D eigenvalue weighted by atomic mass is 32.2. The summed E-state index contributed by atoms with van der Waals surface area (Å²) in [5.74, 6) is 0.298. The van der Waals surface area contributed by atoms with Gasteiger partial charge in [-0.15, -0.1) is 0 Å². The zero-order valence-electron chi connectivity index (χ0n) is 13.7. The van der Waals surface area contributed by atoms with Crippen LogP contribution in [-0.4, -0.2) is 31.9 Å². The maximum atomic E-state index is 13.1. The molecule has 1 aromatic rings. The molecule has 2 fully saturated rings. The van der Waals surface area contributed by atoms with Gasteiger partial charge in [0.05, 0.1) is 16.9 Å². The molecular formula is C18H25NO3S. The fourth-order valence-electron chi connectivity index (χ4n) is 4.12. The van der Waals surface area contributed by atoms with Gasteiger partial charge in [0.2, 0.25) is 5.91 Å². The molecule has 0 bridgehead atoms. The van der Waals surface area contributed by atoms with Crippen molar-refractivity contribution < 1.29 is 13.2 Å². The second-order valence-corrected chi connectivity index (χ2v) is 9.26. The molecule has 1 saturated carbocycles. The maximum absolute atomic E-state index is 13.1. The Morgan fingerprint density at radius 1 is 1.17 bits per heavy atom. The van der Waals surface area contributed by atoms with Crippen molar-refractivity contribution >= 4 is 15.7 Å². The third kappa shape index (κ3) is 3.30. The highest BCUT2D eigenvalue weighted by Gasteiger charge is 2.43. The summed E-state index contributed by atoms with van der Waals surface area (Å²) in [6, 6.07) is 7.88. The first kappa shape index (κ1) is 16.5. The van der Waals surface area contributed by atoms with Crippen LogP contribution in [0.15, 0.2) is 24.3 Å². The van der Waals surface area contributed by atoms with Gasteiger partial charge < -0.3 is 5.32 Å². The van der Waals surface area contributed by atoms with Crippen LogP contribution in [0.5, 0.6) is 0 Å². The molecule has 1 aliphatic heterocycles. The van der Waals surface area contributed by atoms with E-state index in [0.29, 0.717) is 6.42 Å². The van der Waals surface area contributed by atoms with Crippen molar-refractivity contribution in [2.45, 2.75) is 56.9 Å². The molecule has 4 nitrogen and oxygen atoms in total. The number of nitrogens with one attached hydrogen (secondary N) is 1. The Kier molecular flexibility index (Phi) is 4.50. The van der Waals surface area contributed by atoms with Crippen molar-refractivity contribution in [2.24, 2.45) is 0 Å². The largest absolute Gasteiger partial charge is 0.352 e. The first-order chi connectivity index (χ1) is 10.9. The normalized spacial score (nSPS) is 25.9. The minimum absolute atomic E-state index is 0.0219. The molecule has 23 heavy (non-hydrogen) atoms. The molecule has 1 unspecified atom stereocenters. The van der Waals surface area contributed by atoms with E-state index in [4.69, 9.17) is 0 Å². The lowest BCUT2D eigenvalue weighted by atomic mass is 9.67. The molecule has 1 amide bonds. The standard InChI is InChI=1S/C18H25NO3S/c1-14-7-3-4-8-16(14)18(10-5-2-6-11-18)17(20)19-15-9-12-23(21,22)13-15/h3-4,7-8,15H,2,5-6,9-13H2,1H3,(H,19,20). The van der Waals surface area contributed by atoms with Crippen molar-refractivity contribution in [2.75, 3.05) is 11.5 Å². The lowest BCUT2D eigenvalue weighted by molar-refractivity contribution is -0.128. The second-order valence-electron chi connectivity index (χ2n) is 7.03. The summed E-state index contributed by atoms with van der Waals surface area (Å²) in [6.07, 6.45) is 5.50. The fourth-order valence-corrected chi connectivity index (χ4v) is 5.79. The number of amides is 1. The third-order valence-electron chi connectivity index (χ3n) is 5.37. The topological polar surface area (TPSA) is 63.2 Å². The number of aryl methyl sites for hydroxylation is 1. The first-order valence-electron chi connectivity index (χ1n) is 8.50. The van der Waals surface area contributed by atoms with E-state index in [0.717, 1.165) is 36.8 Å². The zero-order chi connectivity index (χ0) is 16.5. The van der Waals surface area contributed by atoms with Crippen LogP contribution >= 0.6 is 0 Å². The molecule has 0 radical (unpaired) electrons. The van der Waals surface area contributed by atoms with Gasteiger partial charge in [-0.25, -0.2) is 8.42 Å². The molecule has 3 rings (SSSR count). The molecule has 1 heterocycles. The Labute approximate surface area is 138 Å². The number of benzene rings is 1. The van der Waals surface area contributed by atoms with Gasteiger partial charge in [-0.3, -0.25) is 4.79 Å². The fraction of sp³-hybridized carbons (Fsp3) is 0.611. The number of sulfone groups is 1. The molecular weight excluding hydrogens is 310 g/mol. The Balaban J connectivity index is 1.87. The Hall–Kier alpha value is -1.36. The minimum Gasteiger partial charge on any atom is -0.352 e. The predicted octanol–water partition coefficient (Wildman–Crippen LogP) is 2.50. The summed E-state index contributed by atoms with van der Waals surface area (Å²) in [5.41, 5.74) is 1.76. The second kappa shape index (κ2) is 6.27. The molecule has 1 atom stereocenters. The molecule has 0 aromatic heterocycles. The molecule has 1 aromatic carbocycles. The van der Waals surface area contributed by atoms with Crippen molar-refractivity contribution in [1.82, 2.24) is 5.32 Å². The smallest absolute Gasteiger partial charge is 0.230 e. The molecule has 1 saturated heterocycles. The first-order valence-corrected chi connectivity index (χ1v) is 10.3. The van der Waals surface area contributed by atoms with Crippen LogP contribution in [0.25, 0.3) is 0 Å². The van der Waals surface area contributed by atoms with E-state index < -0.39 is 15.3 Å². The molecule has 5 heteroatoms. The van der Waals surface area contributed by atoms with Crippen molar-refractivity contribution in [3.05, 3.63) is 35.4 Å². The van der Waals surface area contributed by atoms with Crippen LogP contribution in [0.1, 0.15) is 49.7 Å². The molecule has 1 N–H and O–H groups in total. The molecule has 1 aliphatic carbocycles. The van der Waals surface area contributed by atoms with E-state index in [2.05, 4.69) is 24.4 Å². The van der Waals surface area contributed by atoms with Gasteiger partial charge >= 0.3 is 0 Å². The van der Waals surface area contributed by atoms with Crippen molar-refractivity contribution in [3.8, 4) is 0 Å². The van der Waals surface area contributed by atoms with E-state index in [-0.39, 0.29) is 23.5 Å². The monoisotopic (exact) mass is 335 g/mol. The van der Waals surface area contributed by atoms with E-state index in [1.807, 2.05) is 12.1 Å². The van der Waals surface area contributed by atoms with Crippen LogP contribution in [0, 0.1) is 6.92 Å². The maximum Gasteiger partial charge on any atom is 0.230 e. The van der Waals surface area contributed by atoms with Gasteiger partial charge in [0.15, 0.2) is 9.84 Å². The quantitative estimate of drug-likeness (QED) is 0.923. The van der Waals surface area contributed by atoms with Crippen LogP contribution in [0.2, 0.25) is 0 Å². The zero-order valence-corrected chi connectivity index (χ0v) is 14.5. The van der Waals surface area contributed by atoms with Gasteiger partial charge in [-0.2, -0.15) is 0 Å². The van der Waals surface area contributed by atoms with E-state index in [1.54, 1.807) is 0 Å². The van der Waals surface area contributed by atoms with Crippen molar-refractivity contribution in [3.63, 3.8) is 0 Å². The lowest BCUT2D eigenvalue weighted by Gasteiger charge is -2.38. The van der Waals surface area contributed by atoms with Crippen LogP contribution < -0.4 is 5.32 Å². The molecule has 0 spiro atoms. The van der Waals surface area contributed by atoms with Gasteiger partial charge in [-0.1, -0.05) is 43.5 Å². The number of hydrogen-bond acceptors (Lipinski definition) is 3. The minimum atomic E-state index is -2.98. The number of rotatable bonds is 3. The van der Waals surface area contributed by atoms with Gasteiger partial charge in [0.1, 0.15) is 0 Å². The van der Waals surface area contributed by atoms with E-state index in [9.17, 15) is 13.2 Å². The van der Waals surface area contributed by atoms with Gasteiger partial charge in [-0.05, 0) is 37.3 Å². The Morgan fingerprint density at radius 3 is 2.48 bits per heavy atom. The van der Waals surface area contributed by atoms with Crippen LogP contribution in [-0.2, 0) is 20.0 Å². The van der Waals surface area contributed by atoms with E-state index >= 15 is 0 Å². The van der Waals surface area contributed by atoms with Gasteiger partial charge in [0, 0.05) is 6.04 Å². The Bertz CT molecular complexity index is 690. The highest BCUT2D eigenvalue weighted by Crippen LogP contribution is 2.41. The third-order valence-corrected chi connectivity index (χ3v) is 7.14. The van der Waals surface area contributed by atoms with Crippen LogP contribution in [0.3, 0.4) is 0 Å². The highest BCUT2D eigenvalue weighted by molar-refractivity contribution is 7.91. The average Bonchev–Trinajstić information content (AvgIpc) is 2.87.